The molecule has 0 spiro atoms. The van der Waals surface area contributed by atoms with Crippen molar-refractivity contribution in [2.45, 2.75) is 25.8 Å². The van der Waals surface area contributed by atoms with Gasteiger partial charge in [-0.25, -0.2) is 0 Å². The lowest BCUT2D eigenvalue weighted by atomic mass is 10.0. The van der Waals surface area contributed by atoms with E-state index < -0.39 is 7.29 Å². The van der Waals surface area contributed by atoms with Crippen LogP contribution in [0.4, 0.5) is 0 Å². The van der Waals surface area contributed by atoms with Crippen molar-refractivity contribution in [2.75, 3.05) is 6.79 Å². The molecule has 0 aromatic heterocycles. The summed E-state index contributed by atoms with van der Waals surface area (Å²) in [5.41, 5.74) is 1.14. The summed E-state index contributed by atoms with van der Waals surface area (Å²) in [4.78, 5) is 0. The summed E-state index contributed by atoms with van der Waals surface area (Å²) in [5, 5.41) is 5.16. The highest BCUT2D eigenvalue weighted by Gasteiger charge is 2.29. The van der Waals surface area contributed by atoms with Gasteiger partial charge in [0.2, 0.25) is 14.1 Å². The standard InChI is InChI=1S/C23H24NO3P/c1-2-19(15-18-13-14-22-23(16-18)27-17-26-22)24-28(25,20-9-5-3-6-10-20)21-11-7-4-8-12-21/h3-14,16,19H,2,15,17H2,1H3,(H,24,25)/t19-/m0/s1. The maximum absolute atomic E-state index is 14.2. The Morgan fingerprint density at radius 1 is 0.893 bits per heavy atom. The second-order valence-electron chi connectivity index (χ2n) is 6.91. The average Bonchev–Trinajstić information content (AvgIpc) is 3.22. The van der Waals surface area contributed by atoms with E-state index in [1.54, 1.807) is 0 Å². The number of hydrogen-bond acceptors (Lipinski definition) is 3. The summed E-state index contributed by atoms with van der Waals surface area (Å²) in [6.45, 7) is 2.39. The highest BCUT2D eigenvalue weighted by molar-refractivity contribution is 7.76. The maximum atomic E-state index is 14.2. The summed E-state index contributed by atoms with van der Waals surface area (Å²) >= 11 is 0. The van der Waals surface area contributed by atoms with Crippen LogP contribution in [0.1, 0.15) is 18.9 Å². The van der Waals surface area contributed by atoms with Crippen LogP contribution >= 0.6 is 7.29 Å². The number of ether oxygens (including phenoxy) is 2. The predicted octanol–water partition coefficient (Wildman–Crippen LogP) is 4.26. The minimum atomic E-state index is -2.96. The van der Waals surface area contributed by atoms with Crippen LogP contribution in [0.5, 0.6) is 11.5 Å². The number of nitrogens with one attached hydrogen (secondary N) is 1. The SMILES string of the molecule is CC[C@@H](Cc1ccc2c(c1)OCO2)NP(=O)(c1ccccc1)c1ccccc1. The molecule has 0 amide bonds. The van der Waals surface area contributed by atoms with Crippen LogP contribution in [-0.4, -0.2) is 12.8 Å². The molecular weight excluding hydrogens is 369 g/mol. The Kier molecular flexibility index (Phi) is 5.52. The lowest BCUT2D eigenvalue weighted by Crippen LogP contribution is -2.36. The lowest BCUT2D eigenvalue weighted by molar-refractivity contribution is 0.174. The van der Waals surface area contributed by atoms with E-state index in [2.05, 4.69) is 12.0 Å². The second-order valence-corrected chi connectivity index (χ2v) is 9.42. The van der Waals surface area contributed by atoms with E-state index in [1.807, 2.05) is 78.9 Å². The Balaban J connectivity index is 1.63. The molecule has 0 saturated carbocycles. The Bertz CT molecular complexity index is 932. The monoisotopic (exact) mass is 393 g/mol. The van der Waals surface area contributed by atoms with Crippen molar-refractivity contribution in [3.8, 4) is 11.5 Å². The quantitative estimate of drug-likeness (QED) is 0.610. The molecule has 0 fully saturated rings. The number of hydrogen-bond donors (Lipinski definition) is 1. The first-order chi connectivity index (χ1) is 13.7. The first-order valence-electron chi connectivity index (χ1n) is 9.56. The third kappa shape index (κ3) is 3.84. The van der Waals surface area contributed by atoms with Crippen molar-refractivity contribution in [1.29, 1.82) is 0 Å². The van der Waals surface area contributed by atoms with Crippen LogP contribution in [0.3, 0.4) is 0 Å². The third-order valence-electron chi connectivity index (χ3n) is 5.02. The molecule has 144 valence electrons. The molecule has 4 rings (SSSR count). The van der Waals surface area contributed by atoms with Crippen LogP contribution in [0, 0.1) is 0 Å². The van der Waals surface area contributed by atoms with E-state index in [-0.39, 0.29) is 12.8 Å². The Morgan fingerprint density at radius 3 is 2.11 bits per heavy atom. The molecule has 0 unspecified atom stereocenters. The molecule has 1 heterocycles. The topological polar surface area (TPSA) is 47.6 Å². The van der Waals surface area contributed by atoms with Gasteiger partial charge in [-0.1, -0.05) is 49.4 Å². The van der Waals surface area contributed by atoms with E-state index in [9.17, 15) is 4.57 Å². The van der Waals surface area contributed by atoms with E-state index in [1.165, 1.54) is 0 Å². The highest BCUT2D eigenvalue weighted by Crippen LogP contribution is 2.40. The van der Waals surface area contributed by atoms with Gasteiger partial charge in [0.15, 0.2) is 11.5 Å². The number of rotatable bonds is 7. The van der Waals surface area contributed by atoms with E-state index in [0.29, 0.717) is 0 Å². The van der Waals surface area contributed by atoms with Crippen molar-refractivity contribution in [3.63, 3.8) is 0 Å². The molecule has 4 nitrogen and oxygen atoms in total. The van der Waals surface area contributed by atoms with Crippen molar-refractivity contribution in [1.82, 2.24) is 5.09 Å². The fourth-order valence-electron chi connectivity index (χ4n) is 3.46. The smallest absolute Gasteiger partial charge is 0.231 e. The van der Waals surface area contributed by atoms with Gasteiger partial charge in [0.1, 0.15) is 0 Å². The zero-order valence-electron chi connectivity index (χ0n) is 15.9. The van der Waals surface area contributed by atoms with Gasteiger partial charge in [0.25, 0.3) is 0 Å². The van der Waals surface area contributed by atoms with Crippen molar-refractivity contribution < 1.29 is 14.0 Å². The van der Waals surface area contributed by atoms with Gasteiger partial charge < -0.3 is 9.47 Å². The minimum Gasteiger partial charge on any atom is -0.454 e. The molecule has 3 aromatic rings. The summed E-state index contributed by atoms with van der Waals surface area (Å²) in [5.74, 6) is 1.56. The molecule has 28 heavy (non-hydrogen) atoms. The zero-order valence-corrected chi connectivity index (χ0v) is 16.8. The summed E-state index contributed by atoms with van der Waals surface area (Å²) < 4.78 is 25.1. The minimum absolute atomic E-state index is 0.0617. The lowest BCUT2D eigenvalue weighted by Gasteiger charge is -2.26. The van der Waals surface area contributed by atoms with Gasteiger partial charge in [0.05, 0.1) is 0 Å². The van der Waals surface area contributed by atoms with Gasteiger partial charge in [-0.3, -0.25) is 9.65 Å². The summed E-state index contributed by atoms with van der Waals surface area (Å²) in [7, 11) is -2.96. The Hall–Kier alpha value is -2.55. The van der Waals surface area contributed by atoms with E-state index >= 15 is 0 Å². The van der Waals surface area contributed by atoms with Crippen LogP contribution in [0.2, 0.25) is 0 Å². The third-order valence-corrected chi connectivity index (χ3v) is 7.80. The fraction of sp³-hybridized carbons (Fsp3) is 0.217. The van der Waals surface area contributed by atoms with Gasteiger partial charge >= 0.3 is 0 Å². The molecule has 0 radical (unpaired) electrons. The number of benzene rings is 3. The van der Waals surface area contributed by atoms with E-state index in [4.69, 9.17) is 9.47 Å². The molecule has 0 bridgehead atoms. The van der Waals surface area contributed by atoms with Crippen LogP contribution < -0.4 is 25.2 Å². The zero-order chi connectivity index (χ0) is 19.4. The molecule has 1 N–H and O–H groups in total. The van der Waals surface area contributed by atoms with Crippen molar-refractivity contribution in [3.05, 3.63) is 84.4 Å². The van der Waals surface area contributed by atoms with E-state index in [0.717, 1.165) is 40.5 Å². The predicted molar refractivity (Wildman–Crippen MR) is 113 cm³/mol. The molecule has 5 heteroatoms. The molecule has 1 aliphatic heterocycles. The van der Waals surface area contributed by atoms with Gasteiger partial charge in [-0.2, -0.15) is 0 Å². The first kappa shape index (κ1) is 18.8. The van der Waals surface area contributed by atoms with Crippen molar-refractivity contribution in [2.24, 2.45) is 0 Å². The van der Waals surface area contributed by atoms with Gasteiger partial charge in [-0.05, 0) is 54.8 Å². The molecule has 1 atom stereocenters. The molecule has 1 aliphatic rings. The molecule has 3 aromatic carbocycles. The highest BCUT2D eigenvalue weighted by atomic mass is 31.2. The maximum Gasteiger partial charge on any atom is 0.231 e. The first-order valence-corrected chi connectivity index (χ1v) is 11.3. The Labute approximate surface area is 165 Å². The van der Waals surface area contributed by atoms with Gasteiger partial charge in [-0.15, -0.1) is 0 Å². The van der Waals surface area contributed by atoms with Crippen LogP contribution in [-0.2, 0) is 11.0 Å². The summed E-state index contributed by atoms with van der Waals surface area (Å²) in [6, 6.07) is 25.5. The molecular formula is C23H24NO3P. The van der Waals surface area contributed by atoms with Crippen LogP contribution in [0.15, 0.2) is 78.9 Å². The number of fused-ring (bicyclic) bond motifs is 1. The van der Waals surface area contributed by atoms with Crippen LogP contribution in [0.25, 0.3) is 0 Å². The summed E-state index contributed by atoms with van der Waals surface area (Å²) in [6.07, 6.45) is 1.62. The van der Waals surface area contributed by atoms with Crippen molar-refractivity contribution >= 4 is 17.9 Å². The normalized spacial score (nSPS) is 14.0. The average molecular weight is 393 g/mol. The fourth-order valence-corrected chi connectivity index (χ4v) is 6.03. The Morgan fingerprint density at radius 2 is 1.50 bits per heavy atom. The largest absolute Gasteiger partial charge is 0.454 e. The molecule has 0 aliphatic carbocycles. The van der Waals surface area contributed by atoms with Gasteiger partial charge in [0, 0.05) is 16.7 Å². The second kappa shape index (κ2) is 8.22. The molecule has 0 saturated heterocycles.